The minimum atomic E-state index is -0.286. The molecule has 1 aromatic rings. The second-order valence-electron chi connectivity index (χ2n) is 5.48. The van der Waals surface area contributed by atoms with Crippen molar-refractivity contribution >= 4 is 17.5 Å². The van der Waals surface area contributed by atoms with Crippen LogP contribution in [0.3, 0.4) is 0 Å². The fourth-order valence-corrected chi connectivity index (χ4v) is 1.57. The SMILES string of the molecule is CNc1ccnc(C(=O)NCCC(=O)NC(C)(C)C)c1. The summed E-state index contributed by atoms with van der Waals surface area (Å²) >= 11 is 0. The van der Waals surface area contributed by atoms with Gasteiger partial charge in [-0.1, -0.05) is 0 Å². The number of hydrogen-bond donors (Lipinski definition) is 3. The number of aromatic nitrogens is 1. The van der Waals surface area contributed by atoms with E-state index in [1.807, 2.05) is 20.8 Å². The summed E-state index contributed by atoms with van der Waals surface area (Å²) in [6, 6.07) is 3.43. The van der Waals surface area contributed by atoms with Crippen molar-refractivity contribution < 1.29 is 9.59 Å². The van der Waals surface area contributed by atoms with Crippen LogP contribution in [-0.2, 0) is 4.79 Å². The average Bonchev–Trinajstić information content (AvgIpc) is 2.36. The van der Waals surface area contributed by atoms with E-state index >= 15 is 0 Å². The summed E-state index contributed by atoms with van der Waals surface area (Å²) in [4.78, 5) is 27.4. The van der Waals surface area contributed by atoms with Gasteiger partial charge in [-0.2, -0.15) is 0 Å². The van der Waals surface area contributed by atoms with E-state index in [-0.39, 0.29) is 30.3 Å². The number of nitrogens with one attached hydrogen (secondary N) is 3. The first-order chi connectivity index (χ1) is 9.31. The molecule has 6 heteroatoms. The molecule has 1 rings (SSSR count). The Morgan fingerprint density at radius 2 is 2.00 bits per heavy atom. The van der Waals surface area contributed by atoms with Crippen LogP contribution in [0.15, 0.2) is 18.3 Å². The van der Waals surface area contributed by atoms with Crippen molar-refractivity contribution in [3.05, 3.63) is 24.0 Å². The number of nitrogens with zero attached hydrogens (tertiary/aromatic N) is 1. The Balaban J connectivity index is 2.42. The Labute approximate surface area is 119 Å². The molecule has 110 valence electrons. The molecule has 0 aliphatic heterocycles. The number of hydrogen-bond acceptors (Lipinski definition) is 4. The monoisotopic (exact) mass is 278 g/mol. The Hall–Kier alpha value is -2.11. The molecule has 0 atom stereocenters. The lowest BCUT2D eigenvalue weighted by Gasteiger charge is -2.20. The van der Waals surface area contributed by atoms with Crippen molar-refractivity contribution in [2.45, 2.75) is 32.7 Å². The molecule has 2 amide bonds. The fourth-order valence-electron chi connectivity index (χ4n) is 1.57. The fraction of sp³-hybridized carbons (Fsp3) is 0.500. The maximum absolute atomic E-state index is 11.8. The van der Waals surface area contributed by atoms with Crippen molar-refractivity contribution in [1.82, 2.24) is 15.6 Å². The van der Waals surface area contributed by atoms with Gasteiger partial charge in [0, 0.05) is 37.4 Å². The molecule has 0 unspecified atom stereocenters. The molecule has 6 nitrogen and oxygen atoms in total. The summed E-state index contributed by atoms with van der Waals surface area (Å²) in [5.41, 5.74) is 0.882. The summed E-state index contributed by atoms with van der Waals surface area (Å²) < 4.78 is 0. The van der Waals surface area contributed by atoms with Crippen molar-refractivity contribution in [2.24, 2.45) is 0 Å². The Kier molecular flexibility index (Phi) is 5.49. The van der Waals surface area contributed by atoms with E-state index in [0.717, 1.165) is 5.69 Å². The van der Waals surface area contributed by atoms with Crippen LogP contribution in [0, 0.1) is 0 Å². The zero-order valence-electron chi connectivity index (χ0n) is 12.4. The van der Waals surface area contributed by atoms with Gasteiger partial charge in [0.15, 0.2) is 0 Å². The third-order valence-corrected chi connectivity index (χ3v) is 2.43. The van der Waals surface area contributed by atoms with Crippen LogP contribution in [0.5, 0.6) is 0 Å². The third kappa shape index (κ3) is 5.69. The largest absolute Gasteiger partial charge is 0.388 e. The molecule has 0 saturated heterocycles. The first-order valence-corrected chi connectivity index (χ1v) is 6.55. The number of rotatable bonds is 5. The molecule has 0 aliphatic carbocycles. The van der Waals surface area contributed by atoms with E-state index in [9.17, 15) is 9.59 Å². The van der Waals surface area contributed by atoms with Crippen LogP contribution in [0.2, 0.25) is 0 Å². The lowest BCUT2D eigenvalue weighted by Crippen LogP contribution is -2.42. The predicted molar refractivity (Wildman–Crippen MR) is 78.6 cm³/mol. The summed E-state index contributed by atoms with van der Waals surface area (Å²) in [6.07, 6.45) is 1.81. The van der Waals surface area contributed by atoms with Gasteiger partial charge < -0.3 is 16.0 Å². The molecular weight excluding hydrogens is 256 g/mol. The molecule has 1 aromatic heterocycles. The molecule has 0 aliphatic rings. The molecule has 0 spiro atoms. The van der Waals surface area contributed by atoms with Gasteiger partial charge in [0.2, 0.25) is 5.91 Å². The Morgan fingerprint density at radius 1 is 1.30 bits per heavy atom. The second-order valence-corrected chi connectivity index (χ2v) is 5.48. The van der Waals surface area contributed by atoms with Gasteiger partial charge in [-0.15, -0.1) is 0 Å². The van der Waals surface area contributed by atoms with E-state index in [4.69, 9.17) is 0 Å². The van der Waals surface area contributed by atoms with E-state index in [1.54, 1.807) is 25.4 Å². The van der Waals surface area contributed by atoms with Crippen molar-refractivity contribution in [3.8, 4) is 0 Å². The maximum Gasteiger partial charge on any atom is 0.269 e. The van der Waals surface area contributed by atoms with Crippen LogP contribution < -0.4 is 16.0 Å². The molecule has 1 heterocycles. The minimum Gasteiger partial charge on any atom is -0.388 e. The van der Waals surface area contributed by atoms with E-state index in [2.05, 4.69) is 20.9 Å². The average molecular weight is 278 g/mol. The zero-order valence-corrected chi connectivity index (χ0v) is 12.4. The second kappa shape index (κ2) is 6.88. The summed E-state index contributed by atoms with van der Waals surface area (Å²) in [6.45, 7) is 6.02. The number of amides is 2. The van der Waals surface area contributed by atoms with Crippen LogP contribution in [-0.4, -0.2) is 35.9 Å². The molecule has 0 fully saturated rings. The number of carbonyl (C=O) groups excluding carboxylic acids is 2. The van der Waals surface area contributed by atoms with Crippen LogP contribution >= 0.6 is 0 Å². The van der Waals surface area contributed by atoms with E-state index in [0.29, 0.717) is 5.69 Å². The maximum atomic E-state index is 11.8. The smallest absolute Gasteiger partial charge is 0.269 e. The molecule has 0 bridgehead atoms. The van der Waals surface area contributed by atoms with Gasteiger partial charge in [0.25, 0.3) is 5.91 Å². The molecule has 0 saturated carbocycles. The minimum absolute atomic E-state index is 0.0882. The number of anilines is 1. The highest BCUT2D eigenvalue weighted by Crippen LogP contribution is 2.06. The first kappa shape index (κ1) is 15.9. The third-order valence-electron chi connectivity index (χ3n) is 2.43. The molecule has 20 heavy (non-hydrogen) atoms. The molecule has 3 N–H and O–H groups in total. The normalized spacial score (nSPS) is 10.8. The number of carbonyl (C=O) groups is 2. The lowest BCUT2D eigenvalue weighted by molar-refractivity contribution is -0.122. The molecule has 0 aromatic carbocycles. The van der Waals surface area contributed by atoms with Crippen LogP contribution in [0.25, 0.3) is 0 Å². The molecule has 0 radical (unpaired) electrons. The van der Waals surface area contributed by atoms with Crippen molar-refractivity contribution in [1.29, 1.82) is 0 Å². The number of pyridine rings is 1. The topological polar surface area (TPSA) is 83.1 Å². The van der Waals surface area contributed by atoms with Crippen LogP contribution in [0.4, 0.5) is 5.69 Å². The quantitative estimate of drug-likeness (QED) is 0.754. The van der Waals surface area contributed by atoms with Gasteiger partial charge in [0.1, 0.15) is 5.69 Å². The van der Waals surface area contributed by atoms with Crippen molar-refractivity contribution in [2.75, 3.05) is 18.9 Å². The van der Waals surface area contributed by atoms with Gasteiger partial charge in [-0.3, -0.25) is 14.6 Å². The summed E-state index contributed by atoms with van der Waals surface area (Å²) in [5, 5.41) is 8.45. The highest BCUT2D eigenvalue weighted by molar-refractivity contribution is 5.93. The van der Waals surface area contributed by atoms with Gasteiger partial charge in [-0.05, 0) is 32.9 Å². The standard InChI is InChI=1S/C14H22N4O2/c1-14(2,3)18-12(19)6-8-17-13(20)11-9-10(15-4)5-7-16-11/h5,7,9H,6,8H2,1-4H3,(H,15,16)(H,17,20)(H,18,19). The van der Waals surface area contributed by atoms with Gasteiger partial charge in [0.05, 0.1) is 0 Å². The van der Waals surface area contributed by atoms with E-state index in [1.165, 1.54) is 0 Å². The summed E-state index contributed by atoms with van der Waals surface area (Å²) in [5.74, 6) is -0.375. The van der Waals surface area contributed by atoms with Crippen molar-refractivity contribution in [3.63, 3.8) is 0 Å². The first-order valence-electron chi connectivity index (χ1n) is 6.55. The Morgan fingerprint density at radius 3 is 2.60 bits per heavy atom. The highest BCUT2D eigenvalue weighted by Gasteiger charge is 2.14. The van der Waals surface area contributed by atoms with Crippen LogP contribution in [0.1, 0.15) is 37.7 Å². The van der Waals surface area contributed by atoms with Gasteiger partial charge in [-0.25, -0.2) is 0 Å². The lowest BCUT2D eigenvalue weighted by atomic mass is 10.1. The summed E-state index contributed by atoms with van der Waals surface area (Å²) in [7, 11) is 1.77. The van der Waals surface area contributed by atoms with Gasteiger partial charge >= 0.3 is 0 Å². The predicted octanol–water partition coefficient (Wildman–Crippen LogP) is 1.16. The Bertz CT molecular complexity index is 480. The van der Waals surface area contributed by atoms with E-state index < -0.39 is 0 Å². The zero-order chi connectivity index (χ0) is 15.2. The highest BCUT2D eigenvalue weighted by atomic mass is 16.2. The molecular formula is C14H22N4O2.